The fourth-order valence-corrected chi connectivity index (χ4v) is 4.90. The number of nitrogens with zero attached hydrogens (tertiary/aromatic N) is 3. The van der Waals surface area contributed by atoms with E-state index < -0.39 is 0 Å². The third-order valence-corrected chi connectivity index (χ3v) is 6.22. The predicted octanol–water partition coefficient (Wildman–Crippen LogP) is 6.79. The van der Waals surface area contributed by atoms with Crippen LogP contribution < -0.4 is 9.54 Å². The van der Waals surface area contributed by atoms with Gasteiger partial charge in [-0.15, -0.1) is 0 Å². The lowest BCUT2D eigenvalue weighted by Crippen LogP contribution is -2.15. The molecule has 2 aromatic carbocycles. The van der Waals surface area contributed by atoms with Crippen LogP contribution in [0.2, 0.25) is 0 Å². The molecule has 1 heterocycles. The molecule has 160 valence electrons. The number of fused-ring (bicyclic) bond motifs is 1. The molecule has 1 unspecified atom stereocenters. The summed E-state index contributed by atoms with van der Waals surface area (Å²) < 4.78 is 9.38. The number of hydrogen-bond donors (Lipinski definition) is 1. The Hall–Kier alpha value is -2.47. The van der Waals surface area contributed by atoms with E-state index in [1.54, 1.807) is 11.3 Å². The number of benzene rings is 2. The van der Waals surface area contributed by atoms with Crippen molar-refractivity contribution in [1.82, 2.24) is 4.57 Å². The van der Waals surface area contributed by atoms with Crippen LogP contribution in [0.1, 0.15) is 46.1 Å². The molecule has 0 saturated carbocycles. The van der Waals surface area contributed by atoms with Gasteiger partial charge in [0.1, 0.15) is 11.4 Å². The smallest absolute Gasteiger partial charge is 0.185 e. The van der Waals surface area contributed by atoms with Gasteiger partial charge in [-0.2, -0.15) is 5.11 Å². The van der Waals surface area contributed by atoms with Crippen molar-refractivity contribution < 1.29 is 4.74 Å². The Labute approximate surface area is 183 Å². The van der Waals surface area contributed by atoms with Gasteiger partial charge in [-0.1, -0.05) is 69.4 Å². The molecule has 0 aliphatic carbocycles. The van der Waals surface area contributed by atoms with Crippen LogP contribution in [-0.2, 0) is 6.54 Å². The number of ether oxygens (including phenoxy) is 1. The highest BCUT2D eigenvalue weighted by Crippen LogP contribution is 2.35. The summed E-state index contributed by atoms with van der Waals surface area (Å²) in [5.41, 5.74) is 10.8. The minimum atomic E-state index is 0.319. The Morgan fingerprint density at radius 1 is 1.17 bits per heavy atom. The summed E-state index contributed by atoms with van der Waals surface area (Å²) in [6.45, 7) is 10.5. The largest absolute Gasteiger partial charge is 0.491 e. The van der Waals surface area contributed by atoms with Gasteiger partial charge in [0.25, 0.3) is 0 Å². The molecule has 0 bridgehead atoms. The molecule has 3 aromatic rings. The molecular formula is C24H32N4OS. The average molecular weight is 425 g/mol. The van der Waals surface area contributed by atoms with Crippen LogP contribution in [0.5, 0.6) is 5.75 Å². The second-order valence-corrected chi connectivity index (χ2v) is 10.1. The van der Waals surface area contributed by atoms with E-state index in [-0.39, 0.29) is 0 Å². The van der Waals surface area contributed by atoms with E-state index in [2.05, 4.69) is 66.6 Å². The molecule has 1 atom stereocenters. The van der Waals surface area contributed by atoms with Crippen molar-refractivity contribution >= 4 is 27.2 Å². The molecule has 0 amide bonds. The van der Waals surface area contributed by atoms with Crippen LogP contribution in [0.3, 0.4) is 0 Å². The Morgan fingerprint density at radius 2 is 1.90 bits per heavy atom. The molecule has 0 saturated heterocycles. The molecule has 0 aliphatic rings. The van der Waals surface area contributed by atoms with Crippen molar-refractivity contribution in [2.24, 2.45) is 21.4 Å². The molecule has 30 heavy (non-hydrogen) atoms. The second-order valence-electron chi connectivity index (χ2n) is 9.09. The SMILES string of the molecule is C/N=c1/sc2cc(N=N)c(OCCC(C)CC(C)(C)C)cc2n1Cc1ccccc1. The molecule has 0 fully saturated rings. The fourth-order valence-electron chi connectivity index (χ4n) is 3.89. The van der Waals surface area contributed by atoms with E-state index in [4.69, 9.17) is 10.3 Å². The number of rotatable bonds is 8. The lowest BCUT2D eigenvalue weighted by molar-refractivity contribution is 0.241. The number of hydrogen-bond acceptors (Lipinski definition) is 5. The van der Waals surface area contributed by atoms with Crippen LogP contribution in [-0.4, -0.2) is 18.2 Å². The van der Waals surface area contributed by atoms with Gasteiger partial charge in [-0.3, -0.25) is 4.99 Å². The molecule has 5 nitrogen and oxygen atoms in total. The molecule has 0 spiro atoms. The van der Waals surface area contributed by atoms with Crippen molar-refractivity contribution in [2.45, 2.75) is 47.1 Å². The summed E-state index contributed by atoms with van der Waals surface area (Å²) in [5, 5.41) is 3.72. The average Bonchev–Trinajstić information content (AvgIpc) is 3.03. The van der Waals surface area contributed by atoms with Gasteiger partial charge in [0.2, 0.25) is 0 Å². The first-order chi connectivity index (χ1) is 14.3. The highest BCUT2D eigenvalue weighted by Gasteiger charge is 2.16. The van der Waals surface area contributed by atoms with E-state index >= 15 is 0 Å². The maximum atomic E-state index is 7.60. The molecule has 1 aromatic heterocycles. The molecule has 6 heteroatoms. The van der Waals surface area contributed by atoms with Gasteiger partial charge in [0.05, 0.1) is 23.4 Å². The summed E-state index contributed by atoms with van der Waals surface area (Å²) in [6.07, 6.45) is 2.14. The van der Waals surface area contributed by atoms with Gasteiger partial charge < -0.3 is 9.30 Å². The van der Waals surface area contributed by atoms with Gasteiger partial charge >= 0.3 is 0 Å². The highest BCUT2D eigenvalue weighted by atomic mass is 32.1. The first-order valence-electron chi connectivity index (χ1n) is 10.4. The van der Waals surface area contributed by atoms with Crippen molar-refractivity contribution in [3.63, 3.8) is 0 Å². The van der Waals surface area contributed by atoms with E-state index in [0.29, 0.717) is 29.4 Å². The van der Waals surface area contributed by atoms with Gasteiger partial charge in [-0.05, 0) is 35.8 Å². The van der Waals surface area contributed by atoms with E-state index in [1.165, 1.54) is 5.56 Å². The quantitative estimate of drug-likeness (QED) is 0.398. The molecule has 0 aliphatic heterocycles. The molecule has 0 radical (unpaired) electrons. The van der Waals surface area contributed by atoms with Crippen molar-refractivity contribution in [3.05, 3.63) is 52.8 Å². The summed E-state index contributed by atoms with van der Waals surface area (Å²) in [5.74, 6) is 1.25. The fraction of sp³-hybridized carbons (Fsp3) is 0.458. The van der Waals surface area contributed by atoms with E-state index in [1.807, 2.05) is 25.2 Å². The first-order valence-corrected chi connectivity index (χ1v) is 11.3. The van der Waals surface area contributed by atoms with Crippen molar-refractivity contribution in [1.29, 1.82) is 5.53 Å². The molecule has 3 rings (SSSR count). The number of aromatic nitrogens is 1. The summed E-state index contributed by atoms with van der Waals surface area (Å²) in [7, 11) is 1.82. The number of thiazole rings is 1. The van der Waals surface area contributed by atoms with Gasteiger partial charge in [0, 0.05) is 13.1 Å². The highest BCUT2D eigenvalue weighted by molar-refractivity contribution is 7.16. The van der Waals surface area contributed by atoms with Crippen LogP contribution in [0.15, 0.2) is 52.6 Å². The molecular weight excluding hydrogens is 392 g/mol. The van der Waals surface area contributed by atoms with Gasteiger partial charge in [0.15, 0.2) is 4.80 Å². The van der Waals surface area contributed by atoms with Crippen molar-refractivity contribution in [2.75, 3.05) is 13.7 Å². The third-order valence-electron chi connectivity index (χ3n) is 5.09. The standard InChI is InChI=1S/C24H32N4OS/c1-17(15-24(2,3)4)11-12-29-21-14-20-22(13-19(21)27-25)30-23(26-5)28(20)16-18-9-7-6-8-10-18/h6-10,13-14,17,25H,11-12,15-16H2,1-5H3/b26-23+,27-25?. The second kappa shape index (κ2) is 9.56. The lowest BCUT2D eigenvalue weighted by Gasteiger charge is -2.23. The predicted molar refractivity (Wildman–Crippen MR) is 125 cm³/mol. The van der Waals surface area contributed by atoms with Crippen molar-refractivity contribution in [3.8, 4) is 5.75 Å². The zero-order valence-corrected chi connectivity index (χ0v) is 19.4. The topological polar surface area (TPSA) is 62.7 Å². The maximum absolute atomic E-state index is 7.60. The summed E-state index contributed by atoms with van der Waals surface area (Å²) >= 11 is 1.61. The minimum Gasteiger partial charge on any atom is -0.491 e. The lowest BCUT2D eigenvalue weighted by atomic mass is 9.84. The van der Waals surface area contributed by atoms with E-state index in [0.717, 1.165) is 34.4 Å². The first kappa shape index (κ1) is 22.2. The van der Waals surface area contributed by atoms with Crippen LogP contribution in [0.25, 0.3) is 10.2 Å². The maximum Gasteiger partial charge on any atom is 0.185 e. The summed E-state index contributed by atoms with van der Waals surface area (Å²) in [6, 6.07) is 14.3. The van der Waals surface area contributed by atoms with Crippen LogP contribution >= 0.6 is 11.3 Å². The normalized spacial score (nSPS) is 13.6. The zero-order chi connectivity index (χ0) is 21.7. The monoisotopic (exact) mass is 424 g/mol. The van der Waals surface area contributed by atoms with E-state index in [9.17, 15) is 0 Å². The van der Waals surface area contributed by atoms with Crippen LogP contribution in [0.4, 0.5) is 5.69 Å². The third kappa shape index (κ3) is 5.57. The Morgan fingerprint density at radius 3 is 2.53 bits per heavy atom. The zero-order valence-electron chi connectivity index (χ0n) is 18.6. The Bertz CT molecular complexity index is 1060. The molecule has 1 N–H and O–H groups in total. The Kier molecular flexibility index (Phi) is 7.08. The minimum absolute atomic E-state index is 0.319. The summed E-state index contributed by atoms with van der Waals surface area (Å²) in [4.78, 5) is 5.42. The van der Waals surface area contributed by atoms with Gasteiger partial charge in [-0.25, -0.2) is 5.53 Å². The van der Waals surface area contributed by atoms with Crippen LogP contribution in [0, 0.1) is 16.9 Å². The Balaban J connectivity index is 1.87. The number of nitrogens with one attached hydrogen (secondary N) is 1.